The number of ether oxygens (including phenoxy) is 1. The van der Waals surface area contributed by atoms with Gasteiger partial charge in [-0.2, -0.15) is 0 Å². The fraction of sp³-hybridized carbons (Fsp3) is 0.457. The Morgan fingerprint density at radius 1 is 1.02 bits per heavy atom. The molecule has 3 aromatic rings. The Morgan fingerprint density at radius 2 is 1.64 bits per heavy atom. The molecule has 42 heavy (non-hydrogen) atoms. The fourth-order valence-corrected chi connectivity index (χ4v) is 5.89. The number of nitrogens with two attached hydrogens (primary N) is 1. The third-order valence-electron chi connectivity index (χ3n) is 8.00. The van der Waals surface area contributed by atoms with Crippen LogP contribution in [0.25, 0.3) is 11.1 Å². The lowest BCUT2D eigenvalue weighted by atomic mass is 9.79. The van der Waals surface area contributed by atoms with Crippen molar-refractivity contribution in [3.8, 4) is 11.1 Å². The summed E-state index contributed by atoms with van der Waals surface area (Å²) in [6.45, 7) is 15.7. The van der Waals surface area contributed by atoms with Gasteiger partial charge in [0.25, 0.3) is 0 Å². The zero-order chi connectivity index (χ0) is 30.6. The lowest BCUT2D eigenvalue weighted by Gasteiger charge is -2.35. The molecule has 0 radical (unpaired) electrons. The molecule has 1 fully saturated rings. The maximum atomic E-state index is 13.8. The molecule has 7 heteroatoms. The first-order valence-corrected chi connectivity index (χ1v) is 15.0. The summed E-state index contributed by atoms with van der Waals surface area (Å²) in [6, 6.07) is 18.6. The van der Waals surface area contributed by atoms with Crippen LogP contribution in [0.2, 0.25) is 0 Å². The number of amides is 3. The standard InChI is InChI=1S/C35H46N4O3/c1-22(2)21-28-30(32(35(5,6)7)42-33(36)40)29(27-15-13-23(3)14-16-27)31(24(4)37-28)38-34(41)39-19-17-26(18-20-39)25-11-9-8-10-12-25/h8-16,22,26,32H,17-21H2,1-7H3,(H2,36,40)(H,38,41). The van der Waals surface area contributed by atoms with Crippen LogP contribution in [0.3, 0.4) is 0 Å². The number of hydrogen-bond acceptors (Lipinski definition) is 4. The Kier molecular flexibility index (Phi) is 9.60. The van der Waals surface area contributed by atoms with Gasteiger partial charge >= 0.3 is 12.1 Å². The molecule has 2 heterocycles. The van der Waals surface area contributed by atoms with Crippen LogP contribution in [0.4, 0.5) is 15.3 Å². The van der Waals surface area contributed by atoms with Crippen LogP contribution >= 0.6 is 0 Å². The molecule has 3 N–H and O–H groups in total. The van der Waals surface area contributed by atoms with Crippen LogP contribution in [-0.2, 0) is 11.2 Å². The van der Waals surface area contributed by atoms with Crippen molar-refractivity contribution < 1.29 is 14.3 Å². The largest absolute Gasteiger partial charge is 0.441 e. The molecule has 224 valence electrons. The molecule has 0 aliphatic carbocycles. The number of anilines is 1. The highest BCUT2D eigenvalue weighted by Gasteiger charge is 2.36. The van der Waals surface area contributed by atoms with Crippen LogP contribution < -0.4 is 11.1 Å². The summed E-state index contributed by atoms with van der Waals surface area (Å²) in [5.41, 5.74) is 12.3. The summed E-state index contributed by atoms with van der Waals surface area (Å²) in [5, 5.41) is 3.25. The lowest BCUT2D eigenvalue weighted by molar-refractivity contribution is 0.0354. The summed E-state index contributed by atoms with van der Waals surface area (Å²) >= 11 is 0. The number of nitrogens with one attached hydrogen (secondary N) is 1. The van der Waals surface area contributed by atoms with Gasteiger partial charge < -0.3 is 20.7 Å². The number of pyridine rings is 1. The van der Waals surface area contributed by atoms with E-state index >= 15 is 0 Å². The van der Waals surface area contributed by atoms with Crippen molar-refractivity contribution >= 4 is 17.8 Å². The van der Waals surface area contributed by atoms with E-state index in [1.165, 1.54) is 5.56 Å². The molecule has 1 unspecified atom stereocenters. The number of aromatic nitrogens is 1. The van der Waals surface area contributed by atoms with E-state index < -0.39 is 17.6 Å². The SMILES string of the molecule is Cc1ccc(-c2c(NC(=O)N3CCC(c4ccccc4)CC3)c(C)nc(CC(C)C)c2C(OC(N)=O)C(C)(C)C)cc1. The molecule has 1 saturated heterocycles. The predicted molar refractivity (Wildman–Crippen MR) is 170 cm³/mol. The second-order valence-electron chi connectivity index (χ2n) is 13.1. The molecule has 1 aromatic heterocycles. The Hall–Kier alpha value is -3.87. The molecule has 0 bridgehead atoms. The second kappa shape index (κ2) is 13.0. The van der Waals surface area contributed by atoms with Gasteiger partial charge in [-0.15, -0.1) is 0 Å². The summed E-state index contributed by atoms with van der Waals surface area (Å²) < 4.78 is 5.85. The minimum Gasteiger partial charge on any atom is -0.441 e. The first kappa shape index (κ1) is 31.1. The van der Waals surface area contributed by atoms with Gasteiger partial charge in [-0.3, -0.25) is 4.98 Å². The van der Waals surface area contributed by atoms with Crippen molar-refractivity contribution in [1.82, 2.24) is 9.88 Å². The van der Waals surface area contributed by atoms with Gasteiger partial charge in [0.05, 0.1) is 11.4 Å². The van der Waals surface area contributed by atoms with Gasteiger partial charge in [-0.25, -0.2) is 9.59 Å². The maximum Gasteiger partial charge on any atom is 0.405 e. The predicted octanol–water partition coefficient (Wildman–Crippen LogP) is 8.16. The van der Waals surface area contributed by atoms with Gasteiger partial charge in [-0.05, 0) is 56.1 Å². The molecule has 1 aliphatic rings. The number of primary amides is 1. The minimum atomic E-state index is -0.840. The average molecular weight is 571 g/mol. The highest BCUT2D eigenvalue weighted by atomic mass is 16.6. The summed E-state index contributed by atoms with van der Waals surface area (Å²) in [7, 11) is 0. The van der Waals surface area contributed by atoms with Gasteiger partial charge in [-0.1, -0.05) is 94.8 Å². The minimum absolute atomic E-state index is 0.148. The molecule has 3 amide bonds. The van der Waals surface area contributed by atoms with E-state index in [0.29, 0.717) is 37.0 Å². The first-order valence-electron chi connectivity index (χ1n) is 15.0. The summed E-state index contributed by atoms with van der Waals surface area (Å²) in [5.74, 6) is 0.754. The van der Waals surface area contributed by atoms with Crippen molar-refractivity contribution in [3.63, 3.8) is 0 Å². The number of piperidine rings is 1. The molecule has 1 atom stereocenters. The summed E-state index contributed by atoms with van der Waals surface area (Å²) in [6.07, 6.45) is 0.996. The Balaban J connectivity index is 1.80. The zero-order valence-electron chi connectivity index (χ0n) is 26.2. The number of hydrogen-bond donors (Lipinski definition) is 2. The third kappa shape index (κ3) is 7.30. The number of carbonyl (C=O) groups excluding carboxylic acids is 2. The molecule has 2 aromatic carbocycles. The smallest absolute Gasteiger partial charge is 0.405 e. The van der Waals surface area contributed by atoms with Gasteiger partial charge in [0.15, 0.2) is 0 Å². The van der Waals surface area contributed by atoms with Crippen molar-refractivity contribution in [2.75, 3.05) is 18.4 Å². The third-order valence-corrected chi connectivity index (χ3v) is 8.00. The van der Waals surface area contributed by atoms with E-state index in [4.69, 9.17) is 15.5 Å². The highest BCUT2D eigenvalue weighted by molar-refractivity contribution is 5.96. The molecular formula is C35H46N4O3. The topological polar surface area (TPSA) is 97.6 Å². The lowest BCUT2D eigenvalue weighted by Crippen LogP contribution is -2.41. The van der Waals surface area contributed by atoms with Crippen LogP contribution in [0.1, 0.15) is 87.6 Å². The number of aryl methyl sites for hydroxylation is 2. The van der Waals surface area contributed by atoms with Crippen molar-refractivity contribution in [3.05, 3.63) is 82.7 Å². The number of nitrogens with zero attached hydrogens (tertiary/aromatic N) is 2. The molecule has 0 saturated carbocycles. The maximum absolute atomic E-state index is 13.8. The normalized spacial score (nSPS) is 15.0. The van der Waals surface area contributed by atoms with E-state index in [-0.39, 0.29) is 6.03 Å². The van der Waals surface area contributed by atoms with Crippen molar-refractivity contribution in [1.29, 1.82) is 0 Å². The van der Waals surface area contributed by atoms with Gasteiger partial charge in [0.2, 0.25) is 0 Å². The zero-order valence-corrected chi connectivity index (χ0v) is 26.2. The molecule has 1 aliphatic heterocycles. The van der Waals surface area contributed by atoms with Crippen LogP contribution in [0.15, 0.2) is 54.6 Å². The molecule has 4 rings (SSSR count). The van der Waals surface area contributed by atoms with E-state index in [2.05, 4.69) is 67.7 Å². The van der Waals surface area contributed by atoms with Gasteiger partial charge in [0, 0.05) is 35.3 Å². The Labute approximate surface area is 250 Å². The summed E-state index contributed by atoms with van der Waals surface area (Å²) in [4.78, 5) is 33.0. The van der Waals surface area contributed by atoms with E-state index in [1.807, 2.05) is 45.6 Å². The van der Waals surface area contributed by atoms with E-state index in [9.17, 15) is 9.59 Å². The molecule has 7 nitrogen and oxygen atoms in total. The van der Waals surface area contributed by atoms with Crippen LogP contribution in [-0.4, -0.2) is 35.1 Å². The number of carbonyl (C=O) groups is 2. The number of urea groups is 1. The number of benzene rings is 2. The second-order valence-corrected chi connectivity index (χ2v) is 13.1. The quantitative estimate of drug-likeness (QED) is 0.299. The number of rotatable bonds is 7. The highest BCUT2D eigenvalue weighted by Crippen LogP contribution is 2.46. The van der Waals surface area contributed by atoms with Crippen LogP contribution in [0.5, 0.6) is 0 Å². The first-order chi connectivity index (χ1) is 19.8. The van der Waals surface area contributed by atoms with Crippen LogP contribution in [0, 0.1) is 25.2 Å². The molecular weight excluding hydrogens is 524 g/mol. The van der Waals surface area contributed by atoms with Gasteiger partial charge in [0.1, 0.15) is 6.10 Å². The van der Waals surface area contributed by atoms with Crippen molar-refractivity contribution in [2.45, 2.75) is 79.8 Å². The monoisotopic (exact) mass is 570 g/mol. The molecule has 0 spiro atoms. The van der Waals surface area contributed by atoms with Crippen molar-refractivity contribution in [2.24, 2.45) is 17.1 Å². The average Bonchev–Trinajstić information content (AvgIpc) is 2.93. The number of likely N-dealkylation sites (tertiary alicyclic amines) is 1. The van der Waals surface area contributed by atoms with E-state index in [1.54, 1.807) is 0 Å². The Morgan fingerprint density at radius 3 is 2.19 bits per heavy atom. The fourth-order valence-electron chi connectivity index (χ4n) is 5.89. The van der Waals surface area contributed by atoms with E-state index in [0.717, 1.165) is 46.5 Å². The Bertz CT molecular complexity index is 1390.